The average molecular weight is 520 g/mol. The Bertz CT molecular complexity index is 1740. The maximum atomic E-state index is 4.82. The molecule has 7 nitrogen and oxygen atoms in total. The predicted octanol–water partition coefficient (Wildman–Crippen LogP) is 6.88. The van der Waals surface area contributed by atoms with E-state index in [9.17, 15) is 0 Å². The van der Waals surface area contributed by atoms with E-state index in [0.29, 0.717) is 11.5 Å². The molecule has 1 aliphatic carbocycles. The average Bonchev–Trinajstić information content (AvgIpc) is 3.74. The fourth-order valence-corrected chi connectivity index (χ4v) is 6.46. The first kappa shape index (κ1) is 23.3. The van der Waals surface area contributed by atoms with Gasteiger partial charge < -0.3 is 10.3 Å². The zero-order chi connectivity index (χ0) is 25.5. The Morgan fingerprint density at radius 1 is 1.03 bits per heavy atom. The number of aromatic amines is 2. The third-order valence-corrected chi connectivity index (χ3v) is 8.58. The Hall–Kier alpha value is -3.88. The summed E-state index contributed by atoms with van der Waals surface area (Å²) < 4.78 is 0. The van der Waals surface area contributed by atoms with Gasteiger partial charge in [0.2, 0.25) is 0 Å². The van der Waals surface area contributed by atoms with Crippen molar-refractivity contribution < 1.29 is 0 Å². The second-order valence-corrected chi connectivity index (χ2v) is 11.5. The molecule has 5 heterocycles. The summed E-state index contributed by atoms with van der Waals surface area (Å²) in [6.45, 7) is 4.06. The quantitative estimate of drug-likeness (QED) is 0.214. The third-order valence-electron chi connectivity index (χ3n) is 7.55. The van der Waals surface area contributed by atoms with Crippen LogP contribution in [0.25, 0.3) is 55.2 Å². The van der Waals surface area contributed by atoms with Crippen LogP contribution >= 0.6 is 11.3 Å². The molecule has 0 amide bonds. The van der Waals surface area contributed by atoms with Crippen molar-refractivity contribution in [3.8, 4) is 33.1 Å². The zero-order valence-corrected chi connectivity index (χ0v) is 22.1. The Labute approximate surface area is 224 Å². The maximum Gasteiger partial charge on any atom is 0.178 e. The first-order chi connectivity index (χ1) is 18.7. The summed E-state index contributed by atoms with van der Waals surface area (Å²) >= 11 is 1.77. The lowest BCUT2D eigenvalue weighted by Gasteiger charge is -2.11. The molecular weight excluding hydrogens is 490 g/mol. The monoisotopic (exact) mass is 519 g/mol. The Kier molecular flexibility index (Phi) is 5.98. The lowest BCUT2D eigenvalue weighted by molar-refractivity contribution is 0.489. The van der Waals surface area contributed by atoms with E-state index in [1.165, 1.54) is 41.0 Å². The van der Waals surface area contributed by atoms with Crippen molar-refractivity contribution in [2.24, 2.45) is 5.92 Å². The Morgan fingerprint density at radius 2 is 1.95 bits per heavy atom. The number of imidazole rings is 1. The summed E-state index contributed by atoms with van der Waals surface area (Å²) in [7, 11) is 0. The highest BCUT2D eigenvalue weighted by molar-refractivity contribution is 7.15. The summed E-state index contributed by atoms with van der Waals surface area (Å²) in [5, 5.41) is 12.4. The van der Waals surface area contributed by atoms with Crippen molar-refractivity contribution in [2.45, 2.75) is 39.2 Å². The second-order valence-electron chi connectivity index (χ2n) is 10.2. The maximum absolute atomic E-state index is 4.82. The molecule has 7 rings (SSSR count). The summed E-state index contributed by atoms with van der Waals surface area (Å²) in [6.07, 6.45) is 11.2. The molecule has 0 bridgehead atoms. The molecule has 0 aliphatic heterocycles. The molecule has 0 radical (unpaired) electrons. The van der Waals surface area contributed by atoms with Gasteiger partial charge in [-0.05, 0) is 79.8 Å². The highest BCUT2D eigenvalue weighted by Crippen LogP contribution is 2.35. The molecule has 1 aromatic carbocycles. The van der Waals surface area contributed by atoms with Crippen molar-refractivity contribution >= 4 is 33.4 Å². The van der Waals surface area contributed by atoms with Gasteiger partial charge in [-0.3, -0.25) is 10.1 Å². The number of H-pyrrole nitrogens is 2. The van der Waals surface area contributed by atoms with Crippen LogP contribution in [0.3, 0.4) is 0 Å². The van der Waals surface area contributed by atoms with Gasteiger partial charge in [0.05, 0.1) is 11.0 Å². The zero-order valence-electron chi connectivity index (χ0n) is 21.3. The van der Waals surface area contributed by atoms with E-state index in [0.717, 1.165) is 57.8 Å². The molecule has 38 heavy (non-hydrogen) atoms. The number of pyridine rings is 2. The van der Waals surface area contributed by atoms with Crippen molar-refractivity contribution in [1.29, 1.82) is 0 Å². The first-order valence-electron chi connectivity index (χ1n) is 13.3. The van der Waals surface area contributed by atoms with Gasteiger partial charge in [-0.1, -0.05) is 18.9 Å². The minimum atomic E-state index is 0.692. The molecule has 0 saturated heterocycles. The summed E-state index contributed by atoms with van der Waals surface area (Å²) in [4.78, 5) is 19.9. The number of fused-ring (bicyclic) bond motifs is 2. The summed E-state index contributed by atoms with van der Waals surface area (Å²) in [5.41, 5.74) is 7.89. The largest absolute Gasteiger partial charge is 0.335 e. The van der Waals surface area contributed by atoms with E-state index in [1.807, 2.05) is 24.7 Å². The van der Waals surface area contributed by atoms with Crippen LogP contribution in [-0.4, -0.2) is 36.7 Å². The minimum absolute atomic E-state index is 0.692. The van der Waals surface area contributed by atoms with Gasteiger partial charge in [0.25, 0.3) is 0 Å². The molecule has 3 N–H and O–H groups in total. The van der Waals surface area contributed by atoms with Crippen LogP contribution in [0.15, 0.2) is 61.1 Å². The molecule has 190 valence electrons. The van der Waals surface area contributed by atoms with Crippen LogP contribution in [-0.2, 0) is 6.54 Å². The van der Waals surface area contributed by atoms with Crippen LogP contribution in [0, 0.1) is 12.8 Å². The van der Waals surface area contributed by atoms with Gasteiger partial charge in [0.1, 0.15) is 5.69 Å². The Balaban J connectivity index is 1.20. The lowest BCUT2D eigenvalue weighted by Crippen LogP contribution is -2.20. The van der Waals surface area contributed by atoms with E-state index in [4.69, 9.17) is 4.98 Å². The van der Waals surface area contributed by atoms with Crippen LogP contribution in [0.5, 0.6) is 0 Å². The number of nitrogens with zero attached hydrogens (tertiary/aromatic N) is 4. The van der Waals surface area contributed by atoms with Crippen molar-refractivity contribution in [1.82, 2.24) is 35.5 Å². The topological polar surface area (TPSA) is 95.2 Å². The SMILES string of the molecule is Cc1ccc(-c2ccnc3nc(-c4n[nH]c5ccc(-c6cncc(CNCC7CCCC7)c6)cc45)[nH]c23)s1. The number of thiophene rings is 1. The van der Waals surface area contributed by atoms with Crippen LogP contribution in [0.2, 0.25) is 0 Å². The van der Waals surface area contributed by atoms with Crippen molar-refractivity contribution in [3.63, 3.8) is 0 Å². The molecule has 6 aromatic rings. The molecule has 1 fully saturated rings. The molecule has 5 aromatic heterocycles. The van der Waals surface area contributed by atoms with E-state index in [1.54, 1.807) is 11.3 Å². The Morgan fingerprint density at radius 3 is 2.82 bits per heavy atom. The lowest BCUT2D eigenvalue weighted by atomic mass is 10.0. The molecule has 1 aliphatic rings. The minimum Gasteiger partial charge on any atom is -0.335 e. The highest BCUT2D eigenvalue weighted by Gasteiger charge is 2.17. The van der Waals surface area contributed by atoms with Gasteiger partial charge >= 0.3 is 0 Å². The highest BCUT2D eigenvalue weighted by atomic mass is 32.1. The molecule has 0 unspecified atom stereocenters. The first-order valence-corrected chi connectivity index (χ1v) is 14.1. The van der Waals surface area contributed by atoms with E-state index in [2.05, 4.69) is 73.8 Å². The number of aryl methyl sites for hydroxylation is 1. The number of nitrogens with one attached hydrogen (secondary N) is 3. The number of rotatable bonds is 7. The van der Waals surface area contributed by atoms with E-state index in [-0.39, 0.29) is 0 Å². The molecule has 8 heteroatoms. The molecular formula is C30H29N7S. The third kappa shape index (κ3) is 4.40. The van der Waals surface area contributed by atoms with Crippen LogP contribution in [0.4, 0.5) is 0 Å². The van der Waals surface area contributed by atoms with Crippen LogP contribution < -0.4 is 5.32 Å². The standard InChI is InChI=1S/C30H29N7S/c1-18-6-9-26(38-18)23-10-11-33-29-27(23)34-30(35-29)28-24-13-21(7-8-25(24)36-37-28)22-12-20(16-32-17-22)15-31-14-19-4-2-3-5-19/h6-13,16-17,19,31H,2-5,14-15H2,1H3,(H,36,37)(H,33,34,35). The fourth-order valence-electron chi connectivity index (χ4n) is 5.56. The normalized spacial score (nSPS) is 14.2. The summed E-state index contributed by atoms with van der Waals surface area (Å²) in [6, 6.07) is 14.9. The van der Waals surface area contributed by atoms with Crippen molar-refractivity contribution in [3.05, 3.63) is 71.5 Å². The number of aromatic nitrogens is 6. The molecule has 0 spiro atoms. The van der Waals surface area contributed by atoms with Gasteiger partial charge in [-0.15, -0.1) is 11.3 Å². The van der Waals surface area contributed by atoms with E-state index < -0.39 is 0 Å². The van der Waals surface area contributed by atoms with Crippen molar-refractivity contribution in [2.75, 3.05) is 6.54 Å². The predicted molar refractivity (Wildman–Crippen MR) is 154 cm³/mol. The molecule has 1 saturated carbocycles. The number of hydrogen-bond acceptors (Lipinski definition) is 6. The smallest absolute Gasteiger partial charge is 0.178 e. The van der Waals surface area contributed by atoms with Gasteiger partial charge in [-0.2, -0.15) is 5.10 Å². The molecule has 0 atom stereocenters. The van der Waals surface area contributed by atoms with E-state index >= 15 is 0 Å². The fraction of sp³-hybridized carbons (Fsp3) is 0.267. The number of hydrogen-bond donors (Lipinski definition) is 3. The van der Waals surface area contributed by atoms with Gasteiger partial charge in [0, 0.05) is 51.4 Å². The van der Waals surface area contributed by atoms with Gasteiger partial charge in [0.15, 0.2) is 11.5 Å². The van der Waals surface area contributed by atoms with Crippen LogP contribution in [0.1, 0.15) is 36.1 Å². The summed E-state index contributed by atoms with van der Waals surface area (Å²) in [5.74, 6) is 1.53. The second kappa shape index (κ2) is 9.78. The number of benzene rings is 1. The van der Waals surface area contributed by atoms with Gasteiger partial charge in [-0.25, -0.2) is 9.97 Å².